The Kier molecular flexibility index (Phi) is 7.73. The number of H-pyrrole nitrogens is 1. The number of carbonyl (C=O) groups excluding carboxylic acids is 3. The van der Waals surface area contributed by atoms with Crippen LogP contribution in [-0.2, 0) is 14.4 Å². The minimum Gasteiger partial charge on any atom is -0.484 e. The van der Waals surface area contributed by atoms with Crippen LogP contribution < -0.4 is 19.8 Å². The molecular formula is C28H18BrCl2N3O5S2. The van der Waals surface area contributed by atoms with Gasteiger partial charge in [0.15, 0.2) is 6.61 Å². The quantitative estimate of drug-likeness (QED) is 0.229. The highest BCUT2D eigenvalue weighted by Crippen LogP contribution is 2.53. The third-order valence-electron chi connectivity index (χ3n) is 6.70. The molecule has 2 N–H and O–H groups in total. The van der Waals surface area contributed by atoms with Gasteiger partial charge in [-0.15, -0.1) is 0 Å². The Bertz CT molecular complexity index is 1760. The van der Waals surface area contributed by atoms with Crippen LogP contribution in [0.2, 0.25) is 10.0 Å². The zero-order chi connectivity index (χ0) is 28.8. The van der Waals surface area contributed by atoms with E-state index in [-0.39, 0.29) is 23.3 Å². The van der Waals surface area contributed by atoms with Gasteiger partial charge in [-0.3, -0.25) is 19.2 Å². The van der Waals surface area contributed by atoms with Crippen LogP contribution in [0.4, 0.5) is 11.4 Å². The first kappa shape index (κ1) is 28.0. The van der Waals surface area contributed by atoms with Crippen LogP contribution in [0.25, 0.3) is 0 Å². The van der Waals surface area contributed by atoms with Crippen molar-refractivity contribution in [2.75, 3.05) is 16.8 Å². The van der Waals surface area contributed by atoms with Crippen molar-refractivity contribution in [2.24, 2.45) is 5.92 Å². The normalized spacial score (nSPS) is 19.6. The van der Waals surface area contributed by atoms with Crippen LogP contribution in [0.15, 0.2) is 81.0 Å². The fourth-order valence-corrected chi connectivity index (χ4v) is 8.02. The van der Waals surface area contributed by atoms with E-state index in [2.05, 4.69) is 26.2 Å². The van der Waals surface area contributed by atoms with Gasteiger partial charge in [-0.05, 0) is 60.2 Å². The number of fused-ring (bicyclic) bond motifs is 2. The number of thioether (sulfide) groups is 1. The molecule has 3 aromatic carbocycles. The van der Waals surface area contributed by atoms with E-state index in [1.54, 1.807) is 54.6 Å². The maximum absolute atomic E-state index is 13.8. The van der Waals surface area contributed by atoms with Crippen molar-refractivity contribution in [2.45, 2.75) is 16.2 Å². The molecule has 0 aliphatic carbocycles. The predicted molar refractivity (Wildman–Crippen MR) is 164 cm³/mol. The van der Waals surface area contributed by atoms with Crippen LogP contribution in [0.1, 0.15) is 16.4 Å². The number of aromatic nitrogens is 1. The number of rotatable bonds is 6. The average molecular weight is 691 g/mol. The molecule has 208 valence electrons. The molecule has 0 radical (unpaired) electrons. The lowest BCUT2D eigenvalue weighted by Gasteiger charge is -2.30. The average Bonchev–Trinajstić information content (AvgIpc) is 3.44. The van der Waals surface area contributed by atoms with Crippen molar-refractivity contribution in [3.8, 4) is 5.75 Å². The SMILES string of the molecule is O=C(COc1cccc([C@@H]2c3sc(=O)[nH]c3S[C@H]3C(=O)N(c4ccc(Br)cc4)C(=O)[C@@H]23)c1)Nc1ccc(Cl)c(Cl)c1. The first-order chi connectivity index (χ1) is 19.7. The maximum Gasteiger partial charge on any atom is 0.305 e. The minimum absolute atomic E-state index is 0.261. The van der Waals surface area contributed by atoms with E-state index in [4.69, 9.17) is 27.9 Å². The molecule has 3 heterocycles. The molecule has 2 aliphatic heterocycles. The first-order valence-electron chi connectivity index (χ1n) is 12.2. The number of nitrogens with zero attached hydrogens (tertiary/aromatic N) is 1. The van der Waals surface area contributed by atoms with Gasteiger partial charge in [0.05, 0.1) is 26.7 Å². The van der Waals surface area contributed by atoms with Crippen molar-refractivity contribution in [3.05, 3.63) is 101 Å². The van der Waals surface area contributed by atoms with E-state index in [0.717, 1.165) is 15.8 Å². The number of amides is 3. The number of carbonyl (C=O) groups is 3. The summed E-state index contributed by atoms with van der Waals surface area (Å²) in [5, 5.41) is 3.26. The van der Waals surface area contributed by atoms with Crippen LogP contribution in [0.3, 0.4) is 0 Å². The van der Waals surface area contributed by atoms with Crippen molar-refractivity contribution >= 4 is 91.3 Å². The number of thiazole rings is 1. The lowest BCUT2D eigenvalue weighted by atomic mass is 9.83. The van der Waals surface area contributed by atoms with Gasteiger partial charge in [-0.2, -0.15) is 0 Å². The van der Waals surface area contributed by atoms with Gasteiger partial charge in [0.1, 0.15) is 11.0 Å². The van der Waals surface area contributed by atoms with Crippen molar-refractivity contribution in [1.82, 2.24) is 4.98 Å². The van der Waals surface area contributed by atoms with E-state index in [1.807, 2.05) is 6.07 Å². The second-order valence-electron chi connectivity index (χ2n) is 9.28. The summed E-state index contributed by atoms with van der Waals surface area (Å²) >= 11 is 17.6. The van der Waals surface area contributed by atoms with Gasteiger partial charge in [-0.1, -0.05) is 74.4 Å². The minimum atomic E-state index is -0.733. The first-order valence-corrected chi connectivity index (χ1v) is 15.4. The van der Waals surface area contributed by atoms with Crippen LogP contribution in [0.5, 0.6) is 5.75 Å². The topological polar surface area (TPSA) is 109 Å². The summed E-state index contributed by atoms with van der Waals surface area (Å²) < 4.78 is 6.60. The van der Waals surface area contributed by atoms with Gasteiger partial charge in [0.2, 0.25) is 11.8 Å². The monoisotopic (exact) mass is 689 g/mol. The van der Waals surface area contributed by atoms with Crippen LogP contribution in [-0.4, -0.2) is 34.6 Å². The summed E-state index contributed by atoms with van der Waals surface area (Å²) in [5.41, 5.74) is 1.65. The molecule has 0 spiro atoms. The predicted octanol–water partition coefficient (Wildman–Crippen LogP) is 6.32. The Morgan fingerprint density at radius 2 is 1.78 bits per heavy atom. The summed E-state index contributed by atoms with van der Waals surface area (Å²) in [4.78, 5) is 56.8. The highest BCUT2D eigenvalue weighted by Gasteiger charge is 2.56. The number of benzene rings is 3. The van der Waals surface area contributed by atoms with Gasteiger partial charge >= 0.3 is 4.87 Å². The van der Waals surface area contributed by atoms with Gasteiger partial charge in [-0.25, -0.2) is 4.90 Å². The standard InChI is InChI=1S/C28H18BrCl2N3O5S2/c29-14-4-7-16(8-5-14)34-26(36)22-21(23-25(33-28(38)41-23)40-24(22)27(34)37)13-2-1-3-17(10-13)39-12-20(35)32-15-6-9-18(30)19(31)11-15/h1-11,21-22,24H,12H2,(H,32,35)(H,33,38)/t21-,22-,24+/m0/s1. The zero-order valence-corrected chi connectivity index (χ0v) is 25.5. The van der Waals surface area contributed by atoms with E-state index < -0.39 is 23.0 Å². The number of hydrogen-bond acceptors (Lipinski definition) is 7. The molecular weight excluding hydrogens is 673 g/mol. The Morgan fingerprint density at radius 3 is 2.54 bits per heavy atom. The molecule has 1 saturated heterocycles. The largest absolute Gasteiger partial charge is 0.484 e. The smallest absolute Gasteiger partial charge is 0.305 e. The molecule has 0 saturated carbocycles. The maximum atomic E-state index is 13.8. The Morgan fingerprint density at radius 1 is 1.00 bits per heavy atom. The Hall–Kier alpha value is -3.09. The molecule has 13 heteroatoms. The number of imide groups is 1. The van der Waals surface area contributed by atoms with E-state index in [9.17, 15) is 19.2 Å². The summed E-state index contributed by atoms with van der Waals surface area (Å²) in [6.45, 7) is -0.284. The van der Waals surface area contributed by atoms with Crippen molar-refractivity contribution in [1.29, 1.82) is 0 Å². The van der Waals surface area contributed by atoms with Crippen molar-refractivity contribution in [3.63, 3.8) is 0 Å². The van der Waals surface area contributed by atoms with Gasteiger partial charge < -0.3 is 15.0 Å². The lowest BCUT2D eigenvalue weighted by molar-refractivity contribution is -0.122. The molecule has 4 aromatic rings. The summed E-state index contributed by atoms with van der Waals surface area (Å²) in [5.74, 6) is -1.97. The molecule has 41 heavy (non-hydrogen) atoms. The molecule has 3 amide bonds. The second kappa shape index (κ2) is 11.3. The van der Waals surface area contributed by atoms with E-state index in [0.29, 0.717) is 42.6 Å². The number of ether oxygens (including phenoxy) is 1. The van der Waals surface area contributed by atoms with E-state index in [1.165, 1.54) is 22.7 Å². The fourth-order valence-electron chi connectivity index (χ4n) is 4.94. The number of halogens is 3. The fraction of sp³-hybridized carbons (Fsp3) is 0.143. The molecule has 8 nitrogen and oxygen atoms in total. The number of nitrogens with one attached hydrogen (secondary N) is 2. The van der Waals surface area contributed by atoms with Crippen LogP contribution in [0, 0.1) is 5.92 Å². The molecule has 0 unspecified atom stereocenters. The number of hydrogen-bond donors (Lipinski definition) is 2. The third-order valence-corrected chi connectivity index (χ3v) is 10.4. The molecule has 1 fully saturated rings. The molecule has 1 aromatic heterocycles. The summed E-state index contributed by atoms with van der Waals surface area (Å²) in [6.07, 6.45) is 0. The van der Waals surface area contributed by atoms with Gasteiger partial charge in [0, 0.05) is 21.0 Å². The molecule has 2 aliphatic rings. The van der Waals surface area contributed by atoms with E-state index >= 15 is 0 Å². The highest BCUT2D eigenvalue weighted by molar-refractivity contribution is 9.10. The zero-order valence-electron chi connectivity index (χ0n) is 20.7. The lowest BCUT2D eigenvalue weighted by Crippen LogP contribution is -2.32. The molecule has 3 atom stereocenters. The number of aromatic amines is 1. The highest BCUT2D eigenvalue weighted by atomic mass is 79.9. The third kappa shape index (κ3) is 5.44. The summed E-state index contributed by atoms with van der Waals surface area (Å²) in [6, 6.07) is 18.7. The van der Waals surface area contributed by atoms with Gasteiger partial charge in [0.25, 0.3) is 5.91 Å². The Labute approximate surface area is 260 Å². The second-order valence-corrected chi connectivity index (χ2v) is 13.2. The Balaban J connectivity index is 1.27. The van der Waals surface area contributed by atoms with Crippen molar-refractivity contribution < 1.29 is 19.1 Å². The molecule has 0 bridgehead atoms. The van der Waals surface area contributed by atoms with Crippen LogP contribution >= 0.6 is 62.2 Å². The summed E-state index contributed by atoms with van der Waals surface area (Å²) in [7, 11) is 0. The number of anilines is 2. The molecule has 6 rings (SSSR count).